The first kappa shape index (κ1) is 15.2. The molecule has 0 saturated heterocycles. The van der Waals surface area contributed by atoms with Crippen LogP contribution in [0.2, 0.25) is 0 Å². The molecule has 0 aliphatic carbocycles. The van der Waals surface area contributed by atoms with Crippen molar-refractivity contribution in [1.29, 1.82) is 0 Å². The Morgan fingerprint density at radius 2 is 1.96 bits per heavy atom. The summed E-state index contributed by atoms with van der Waals surface area (Å²) in [5.74, 6) is -1.37. The molecule has 0 saturated carbocycles. The first-order chi connectivity index (χ1) is 11.1. The van der Waals surface area contributed by atoms with E-state index in [1.54, 1.807) is 29.7 Å². The Morgan fingerprint density at radius 1 is 1.13 bits per heavy atom. The number of rotatable bonds is 3. The van der Waals surface area contributed by atoms with Gasteiger partial charge in [0.05, 0.1) is 17.9 Å². The molecule has 23 heavy (non-hydrogen) atoms. The first-order valence-electron chi connectivity index (χ1n) is 7.13. The van der Waals surface area contributed by atoms with Gasteiger partial charge in [0.25, 0.3) is 0 Å². The largest absolute Gasteiger partial charge is 0.341 e. The first-order valence-corrected chi connectivity index (χ1v) is 8.01. The standard InChI is InChI=1S/C17H15N3O2S/c1-11(14-10-23-15-7-3-2-6-13(14)15)19-16(21)17(22)20-12-5-4-8-18-9-12/h2-11H,1H3,(H,19,21)(H,20,22)/t11-/m0/s1. The summed E-state index contributed by atoms with van der Waals surface area (Å²) in [6, 6.07) is 11.1. The Kier molecular flexibility index (Phi) is 4.34. The van der Waals surface area contributed by atoms with Crippen molar-refractivity contribution < 1.29 is 9.59 Å². The molecule has 1 aromatic carbocycles. The monoisotopic (exact) mass is 325 g/mol. The number of fused-ring (bicyclic) bond motifs is 1. The van der Waals surface area contributed by atoms with Crippen LogP contribution in [0, 0.1) is 0 Å². The Balaban J connectivity index is 1.68. The zero-order valence-electron chi connectivity index (χ0n) is 12.4. The van der Waals surface area contributed by atoms with E-state index < -0.39 is 11.8 Å². The van der Waals surface area contributed by atoms with Gasteiger partial charge in [0.1, 0.15) is 0 Å². The lowest BCUT2D eigenvalue weighted by Crippen LogP contribution is -2.36. The summed E-state index contributed by atoms with van der Waals surface area (Å²) in [7, 11) is 0. The van der Waals surface area contributed by atoms with Crippen LogP contribution in [-0.4, -0.2) is 16.8 Å². The molecule has 0 fully saturated rings. The smallest absolute Gasteiger partial charge is 0.313 e. The molecule has 2 aromatic heterocycles. The van der Waals surface area contributed by atoms with E-state index in [1.807, 2.05) is 36.6 Å². The molecule has 5 nitrogen and oxygen atoms in total. The molecule has 2 N–H and O–H groups in total. The number of nitrogens with one attached hydrogen (secondary N) is 2. The van der Waals surface area contributed by atoms with Gasteiger partial charge in [-0.25, -0.2) is 0 Å². The third-order valence-electron chi connectivity index (χ3n) is 3.45. The summed E-state index contributed by atoms with van der Waals surface area (Å²) >= 11 is 1.62. The van der Waals surface area contributed by atoms with Crippen molar-refractivity contribution in [2.24, 2.45) is 0 Å². The molecule has 6 heteroatoms. The van der Waals surface area contributed by atoms with Crippen molar-refractivity contribution in [3.05, 3.63) is 59.7 Å². The third kappa shape index (κ3) is 3.37. The predicted octanol–water partition coefficient (Wildman–Crippen LogP) is 3.11. The summed E-state index contributed by atoms with van der Waals surface area (Å²) in [5.41, 5.74) is 1.49. The number of thiophene rings is 1. The van der Waals surface area contributed by atoms with Gasteiger partial charge in [0.2, 0.25) is 0 Å². The van der Waals surface area contributed by atoms with Crippen molar-refractivity contribution in [3.8, 4) is 0 Å². The molecule has 2 amide bonds. The molecule has 0 radical (unpaired) electrons. The SMILES string of the molecule is C[C@H](NC(=O)C(=O)Nc1cccnc1)c1csc2ccccc12. The Morgan fingerprint density at radius 3 is 2.74 bits per heavy atom. The highest BCUT2D eigenvalue weighted by Gasteiger charge is 2.19. The van der Waals surface area contributed by atoms with Gasteiger partial charge in [0.15, 0.2) is 0 Å². The topological polar surface area (TPSA) is 71.1 Å². The minimum Gasteiger partial charge on any atom is -0.341 e. The van der Waals surface area contributed by atoms with Crippen LogP contribution < -0.4 is 10.6 Å². The van der Waals surface area contributed by atoms with E-state index >= 15 is 0 Å². The molecular formula is C17H15N3O2S. The number of carbonyl (C=O) groups is 2. The molecule has 0 aliphatic rings. The van der Waals surface area contributed by atoms with Crippen LogP contribution >= 0.6 is 11.3 Å². The Bertz CT molecular complexity index is 845. The van der Waals surface area contributed by atoms with Crippen molar-refractivity contribution in [3.63, 3.8) is 0 Å². The second kappa shape index (κ2) is 6.58. The van der Waals surface area contributed by atoms with Crippen LogP contribution in [0.15, 0.2) is 54.2 Å². The van der Waals surface area contributed by atoms with Gasteiger partial charge in [-0.1, -0.05) is 18.2 Å². The van der Waals surface area contributed by atoms with Crippen LogP contribution in [0.4, 0.5) is 5.69 Å². The van der Waals surface area contributed by atoms with Gasteiger partial charge in [-0.3, -0.25) is 14.6 Å². The highest BCUT2D eigenvalue weighted by atomic mass is 32.1. The maximum Gasteiger partial charge on any atom is 0.313 e. The molecule has 1 atom stereocenters. The fourth-order valence-corrected chi connectivity index (χ4v) is 3.35. The van der Waals surface area contributed by atoms with Gasteiger partial charge >= 0.3 is 11.8 Å². The summed E-state index contributed by atoms with van der Waals surface area (Å²) in [4.78, 5) is 27.9. The second-order valence-electron chi connectivity index (χ2n) is 5.08. The molecule has 2 heterocycles. The lowest BCUT2D eigenvalue weighted by Gasteiger charge is -2.13. The van der Waals surface area contributed by atoms with Gasteiger partial charge in [-0.2, -0.15) is 0 Å². The molecule has 0 bridgehead atoms. The number of pyridine rings is 1. The number of hydrogen-bond donors (Lipinski definition) is 2. The molecule has 3 aromatic rings. The molecule has 0 unspecified atom stereocenters. The molecule has 3 rings (SSSR count). The lowest BCUT2D eigenvalue weighted by atomic mass is 10.1. The summed E-state index contributed by atoms with van der Waals surface area (Å²) in [5, 5.41) is 8.35. The lowest BCUT2D eigenvalue weighted by molar-refractivity contribution is -0.136. The minimum atomic E-state index is -0.704. The van der Waals surface area contributed by atoms with Crippen LogP contribution in [0.5, 0.6) is 0 Å². The van der Waals surface area contributed by atoms with Crippen LogP contribution in [0.3, 0.4) is 0 Å². The highest BCUT2D eigenvalue weighted by Crippen LogP contribution is 2.29. The molecule has 0 aliphatic heterocycles. The van der Waals surface area contributed by atoms with E-state index in [1.165, 1.54) is 6.20 Å². The summed E-state index contributed by atoms with van der Waals surface area (Å²) in [6.45, 7) is 1.86. The van der Waals surface area contributed by atoms with E-state index in [0.717, 1.165) is 15.6 Å². The minimum absolute atomic E-state index is 0.252. The fraction of sp³-hybridized carbons (Fsp3) is 0.118. The number of anilines is 1. The Hall–Kier alpha value is -2.73. The molecule has 116 valence electrons. The van der Waals surface area contributed by atoms with E-state index in [-0.39, 0.29) is 6.04 Å². The average molecular weight is 325 g/mol. The number of hydrogen-bond acceptors (Lipinski definition) is 4. The van der Waals surface area contributed by atoms with Crippen molar-refractivity contribution in [1.82, 2.24) is 10.3 Å². The predicted molar refractivity (Wildman–Crippen MR) is 91.2 cm³/mol. The molecular weight excluding hydrogens is 310 g/mol. The van der Waals surface area contributed by atoms with Crippen molar-refractivity contribution >= 4 is 38.9 Å². The number of carbonyl (C=O) groups excluding carboxylic acids is 2. The third-order valence-corrected chi connectivity index (χ3v) is 4.43. The number of amides is 2. The fourth-order valence-electron chi connectivity index (χ4n) is 2.30. The number of nitrogens with zero attached hydrogens (tertiary/aromatic N) is 1. The summed E-state index contributed by atoms with van der Waals surface area (Å²) < 4.78 is 1.16. The quantitative estimate of drug-likeness (QED) is 0.727. The zero-order valence-corrected chi connectivity index (χ0v) is 13.3. The van der Waals surface area contributed by atoms with Gasteiger partial charge in [-0.15, -0.1) is 11.3 Å². The van der Waals surface area contributed by atoms with Crippen LogP contribution in [0.1, 0.15) is 18.5 Å². The van der Waals surface area contributed by atoms with Gasteiger partial charge < -0.3 is 10.6 Å². The van der Waals surface area contributed by atoms with Gasteiger partial charge in [-0.05, 0) is 41.5 Å². The van der Waals surface area contributed by atoms with E-state index in [0.29, 0.717) is 5.69 Å². The van der Waals surface area contributed by atoms with Crippen molar-refractivity contribution in [2.75, 3.05) is 5.32 Å². The van der Waals surface area contributed by atoms with Gasteiger partial charge in [0, 0.05) is 10.9 Å². The highest BCUT2D eigenvalue weighted by molar-refractivity contribution is 7.17. The summed E-state index contributed by atoms with van der Waals surface area (Å²) in [6.07, 6.45) is 3.08. The van der Waals surface area contributed by atoms with E-state index in [4.69, 9.17) is 0 Å². The van der Waals surface area contributed by atoms with Crippen LogP contribution in [-0.2, 0) is 9.59 Å². The molecule has 0 spiro atoms. The Labute approximate surface area is 137 Å². The normalized spacial score (nSPS) is 11.9. The zero-order chi connectivity index (χ0) is 16.2. The van der Waals surface area contributed by atoms with Crippen molar-refractivity contribution in [2.45, 2.75) is 13.0 Å². The van der Waals surface area contributed by atoms with Crippen LogP contribution in [0.25, 0.3) is 10.1 Å². The number of benzene rings is 1. The average Bonchev–Trinajstić information content (AvgIpc) is 2.99. The van der Waals surface area contributed by atoms with E-state index in [9.17, 15) is 9.59 Å². The second-order valence-corrected chi connectivity index (χ2v) is 5.99. The maximum absolute atomic E-state index is 12.0. The maximum atomic E-state index is 12.0. The van der Waals surface area contributed by atoms with E-state index in [2.05, 4.69) is 15.6 Å². The number of aromatic nitrogens is 1.